The monoisotopic (exact) mass is 398 g/mol. The van der Waals surface area contributed by atoms with Gasteiger partial charge in [-0.15, -0.1) is 12.4 Å². The summed E-state index contributed by atoms with van der Waals surface area (Å²) in [7, 11) is 1.51. The number of hydrogen-bond acceptors (Lipinski definition) is 6. The lowest BCUT2D eigenvalue weighted by Crippen LogP contribution is -2.11. The molecule has 1 heterocycles. The van der Waals surface area contributed by atoms with E-state index in [1.807, 2.05) is 19.9 Å². The van der Waals surface area contributed by atoms with Crippen molar-refractivity contribution >= 4 is 30.3 Å². The van der Waals surface area contributed by atoms with Crippen LogP contribution in [0.25, 0.3) is 0 Å². The highest BCUT2D eigenvalue weighted by Gasteiger charge is 2.33. The van der Waals surface area contributed by atoms with E-state index in [9.17, 15) is 14.4 Å². The first kappa shape index (κ1) is 22.5. The summed E-state index contributed by atoms with van der Waals surface area (Å²) in [6.07, 6.45) is 2.62. The van der Waals surface area contributed by atoms with Gasteiger partial charge in [0, 0.05) is 24.5 Å². The molecule has 1 N–H and O–H groups in total. The van der Waals surface area contributed by atoms with Crippen molar-refractivity contribution < 1.29 is 33.7 Å². The number of esters is 2. The molecule has 7 nitrogen and oxygen atoms in total. The van der Waals surface area contributed by atoms with E-state index in [0.717, 1.165) is 11.1 Å². The van der Waals surface area contributed by atoms with Crippen LogP contribution in [0.4, 0.5) is 0 Å². The Morgan fingerprint density at radius 2 is 1.89 bits per heavy atom. The maximum absolute atomic E-state index is 12.2. The van der Waals surface area contributed by atoms with Crippen LogP contribution in [0.15, 0.2) is 11.6 Å². The molecule has 1 aliphatic rings. The fraction of sp³-hybridized carbons (Fsp3) is 0.421. The first-order chi connectivity index (χ1) is 12.3. The zero-order valence-electron chi connectivity index (χ0n) is 15.7. The number of cyclic esters (lactones) is 1. The third-order valence-electron chi connectivity index (χ3n) is 4.26. The predicted octanol–water partition coefficient (Wildman–Crippen LogP) is 3.37. The number of carboxylic acids is 1. The quantitative estimate of drug-likeness (QED) is 0.427. The summed E-state index contributed by atoms with van der Waals surface area (Å²) in [6.45, 7) is 5.02. The summed E-state index contributed by atoms with van der Waals surface area (Å²) in [4.78, 5) is 34.4. The van der Waals surface area contributed by atoms with Crippen LogP contribution in [-0.4, -0.2) is 30.1 Å². The second-order valence-electron chi connectivity index (χ2n) is 6.14. The number of benzene rings is 1. The minimum Gasteiger partial charge on any atom is -0.496 e. The summed E-state index contributed by atoms with van der Waals surface area (Å²) >= 11 is 0. The van der Waals surface area contributed by atoms with Crippen LogP contribution in [0.5, 0.6) is 11.5 Å². The Hall–Kier alpha value is -2.54. The van der Waals surface area contributed by atoms with Crippen molar-refractivity contribution in [3.63, 3.8) is 0 Å². The second-order valence-corrected chi connectivity index (χ2v) is 6.14. The molecule has 0 unspecified atom stereocenters. The molecule has 0 spiro atoms. The summed E-state index contributed by atoms with van der Waals surface area (Å²) in [5, 5.41) is 8.79. The topological polar surface area (TPSA) is 99.1 Å². The molecule has 0 saturated heterocycles. The molecule has 27 heavy (non-hydrogen) atoms. The van der Waals surface area contributed by atoms with Gasteiger partial charge in [0.2, 0.25) is 0 Å². The predicted molar refractivity (Wildman–Crippen MR) is 99.7 cm³/mol. The van der Waals surface area contributed by atoms with Crippen molar-refractivity contribution in [1.82, 2.24) is 0 Å². The van der Waals surface area contributed by atoms with Crippen molar-refractivity contribution in [3.8, 4) is 11.5 Å². The fourth-order valence-electron chi connectivity index (χ4n) is 2.95. The molecule has 0 amide bonds. The minimum absolute atomic E-state index is 0. The molecule has 0 bridgehead atoms. The van der Waals surface area contributed by atoms with Crippen molar-refractivity contribution in [2.75, 3.05) is 7.11 Å². The highest BCUT2D eigenvalue weighted by molar-refractivity contribution is 5.99. The van der Waals surface area contributed by atoms with Crippen molar-refractivity contribution in [1.29, 1.82) is 0 Å². The molecule has 0 radical (unpaired) electrons. The summed E-state index contributed by atoms with van der Waals surface area (Å²) in [6, 6.07) is 0. The molecule has 1 aromatic rings. The first-order valence-electron chi connectivity index (χ1n) is 8.21. The molecule has 2 rings (SSSR count). The van der Waals surface area contributed by atoms with Crippen LogP contribution in [0, 0.1) is 6.92 Å². The van der Waals surface area contributed by atoms with E-state index >= 15 is 0 Å². The minimum atomic E-state index is -0.868. The number of rotatable bonds is 7. The third-order valence-corrected chi connectivity index (χ3v) is 4.26. The zero-order chi connectivity index (χ0) is 19.4. The summed E-state index contributed by atoms with van der Waals surface area (Å²) < 4.78 is 16.0. The van der Waals surface area contributed by atoms with Gasteiger partial charge in [-0.2, -0.15) is 0 Å². The van der Waals surface area contributed by atoms with Crippen LogP contribution >= 0.6 is 12.4 Å². The van der Waals surface area contributed by atoms with Gasteiger partial charge in [0.25, 0.3) is 0 Å². The molecule has 0 fully saturated rings. The average Bonchev–Trinajstić information content (AvgIpc) is 2.95. The highest BCUT2D eigenvalue weighted by Crippen LogP contribution is 2.42. The van der Waals surface area contributed by atoms with E-state index in [-0.39, 0.29) is 36.7 Å². The Labute approximate surface area is 163 Å². The van der Waals surface area contributed by atoms with Crippen LogP contribution in [0.2, 0.25) is 0 Å². The van der Waals surface area contributed by atoms with Crippen LogP contribution in [0.3, 0.4) is 0 Å². The number of halogens is 1. The smallest absolute Gasteiger partial charge is 0.342 e. The normalized spacial score (nSPS) is 12.7. The number of carboxylic acid groups (broad SMARTS) is 1. The highest BCUT2D eigenvalue weighted by atomic mass is 35.5. The maximum atomic E-state index is 12.2. The Morgan fingerprint density at radius 3 is 2.44 bits per heavy atom. The number of carbonyl (C=O) groups excluding carboxylic acids is 2. The largest absolute Gasteiger partial charge is 0.496 e. The molecule has 0 saturated carbocycles. The number of ether oxygens (including phenoxy) is 3. The van der Waals surface area contributed by atoms with Gasteiger partial charge < -0.3 is 19.3 Å². The molecule has 0 aliphatic carbocycles. The van der Waals surface area contributed by atoms with Crippen molar-refractivity contribution in [2.24, 2.45) is 0 Å². The lowest BCUT2D eigenvalue weighted by Gasteiger charge is -2.18. The van der Waals surface area contributed by atoms with Gasteiger partial charge in [0.05, 0.1) is 7.11 Å². The Kier molecular flexibility index (Phi) is 7.84. The van der Waals surface area contributed by atoms with Gasteiger partial charge >= 0.3 is 17.9 Å². The van der Waals surface area contributed by atoms with Crippen LogP contribution < -0.4 is 9.47 Å². The Bertz CT molecular complexity index is 796. The average molecular weight is 399 g/mol. The van der Waals surface area contributed by atoms with Crippen molar-refractivity contribution in [3.05, 3.63) is 33.9 Å². The molecule has 0 atom stereocenters. The second kappa shape index (κ2) is 9.41. The van der Waals surface area contributed by atoms with Gasteiger partial charge in [-0.3, -0.25) is 9.59 Å². The third kappa shape index (κ3) is 5.01. The first-order valence-corrected chi connectivity index (χ1v) is 8.21. The maximum Gasteiger partial charge on any atom is 0.342 e. The summed E-state index contributed by atoms with van der Waals surface area (Å²) in [5.41, 5.74) is 3.11. The van der Waals surface area contributed by atoms with E-state index in [1.165, 1.54) is 14.0 Å². The van der Waals surface area contributed by atoms with E-state index in [2.05, 4.69) is 0 Å². The lowest BCUT2D eigenvalue weighted by atomic mass is 9.94. The number of allylic oxidation sites excluding steroid dienone is 2. The van der Waals surface area contributed by atoms with E-state index in [4.69, 9.17) is 19.3 Å². The number of fused-ring (bicyclic) bond motifs is 1. The van der Waals surface area contributed by atoms with Crippen LogP contribution in [0.1, 0.15) is 53.7 Å². The molecular weight excluding hydrogens is 376 g/mol. The Balaban J connectivity index is 0.00000364. The number of methoxy groups -OCH3 is 1. The SMILES string of the molecule is COc1c(C)c2c(c(OC(C)=O)c1C/C=C(\C)CCC(=O)O)C(=O)OC2.Cl. The van der Waals surface area contributed by atoms with E-state index in [1.54, 1.807) is 0 Å². The molecule has 0 aromatic heterocycles. The van der Waals surface area contributed by atoms with Crippen molar-refractivity contribution in [2.45, 2.75) is 46.6 Å². The van der Waals surface area contributed by atoms with Gasteiger partial charge in [-0.25, -0.2) is 4.79 Å². The molecule has 1 aromatic carbocycles. The molecule has 148 valence electrons. The summed E-state index contributed by atoms with van der Waals surface area (Å²) in [5.74, 6) is -1.27. The number of hydrogen-bond donors (Lipinski definition) is 1. The standard InChI is InChI=1S/C19H22O7.ClH/c1-10(6-8-15(21)22)5-7-13-17(24-4)11(2)14-9-25-19(23)16(14)18(13)26-12(3)20;/h5H,6-9H2,1-4H3,(H,21,22);1H/b10-5+;. The van der Waals surface area contributed by atoms with E-state index < -0.39 is 17.9 Å². The van der Waals surface area contributed by atoms with Gasteiger partial charge in [0.15, 0.2) is 5.75 Å². The number of carbonyl (C=O) groups is 3. The Morgan fingerprint density at radius 1 is 1.22 bits per heavy atom. The fourth-order valence-corrected chi connectivity index (χ4v) is 2.95. The van der Waals surface area contributed by atoms with Gasteiger partial charge in [0.1, 0.15) is 17.9 Å². The van der Waals surface area contributed by atoms with Crippen LogP contribution in [-0.2, 0) is 27.4 Å². The van der Waals surface area contributed by atoms with E-state index in [0.29, 0.717) is 29.7 Å². The zero-order valence-corrected chi connectivity index (χ0v) is 16.5. The molecule has 8 heteroatoms. The lowest BCUT2D eigenvalue weighted by molar-refractivity contribution is -0.137. The molecule has 1 aliphatic heterocycles. The van der Waals surface area contributed by atoms with Gasteiger partial charge in [-0.05, 0) is 32.3 Å². The number of aliphatic carboxylic acids is 1. The molecular formula is C19H23ClO7. The van der Waals surface area contributed by atoms with Gasteiger partial charge in [-0.1, -0.05) is 11.6 Å².